The number of ether oxygens (including phenoxy) is 1. The second-order valence-corrected chi connectivity index (χ2v) is 6.36. The molecule has 0 aliphatic rings. The lowest BCUT2D eigenvalue weighted by Crippen LogP contribution is -2.21. The number of furan rings is 1. The zero-order valence-electron chi connectivity index (χ0n) is 15.5. The fourth-order valence-corrected chi connectivity index (χ4v) is 2.82. The Labute approximate surface area is 155 Å². The Morgan fingerprint density at radius 2 is 1.96 bits per heavy atom. The first-order chi connectivity index (χ1) is 12.8. The van der Waals surface area contributed by atoms with E-state index in [-0.39, 0.29) is 11.4 Å². The number of aromatic amines is 1. The number of H-pyrrole nitrogens is 1. The number of aryl methyl sites for hydroxylation is 3. The van der Waals surface area contributed by atoms with Gasteiger partial charge in [0.1, 0.15) is 17.4 Å². The van der Waals surface area contributed by atoms with Crippen molar-refractivity contribution >= 4 is 28.7 Å². The van der Waals surface area contributed by atoms with E-state index >= 15 is 0 Å². The number of aromatic nitrogens is 1. The Morgan fingerprint density at radius 1 is 1.22 bits per heavy atom. The molecule has 7 heteroatoms. The molecule has 0 atom stereocenters. The number of rotatable bonds is 4. The molecule has 1 amide bonds. The van der Waals surface area contributed by atoms with Crippen LogP contribution in [0.1, 0.15) is 38.5 Å². The molecule has 0 bridgehead atoms. The van der Waals surface area contributed by atoms with E-state index < -0.39 is 18.5 Å². The monoisotopic (exact) mass is 365 g/mol. The number of carbonyl (C=O) groups is 2. The van der Waals surface area contributed by atoms with E-state index in [1.165, 1.54) is 0 Å². The van der Waals surface area contributed by atoms with Crippen LogP contribution in [0.3, 0.4) is 0 Å². The van der Waals surface area contributed by atoms with Gasteiger partial charge in [-0.3, -0.25) is 10.1 Å². The minimum Gasteiger partial charge on any atom is -0.452 e. The van der Waals surface area contributed by atoms with Gasteiger partial charge in [-0.25, -0.2) is 4.79 Å². The highest BCUT2D eigenvalue weighted by Gasteiger charge is 2.18. The largest absolute Gasteiger partial charge is 0.452 e. The predicted octanol–water partition coefficient (Wildman–Crippen LogP) is 3.66. The van der Waals surface area contributed by atoms with E-state index in [1.807, 2.05) is 19.9 Å². The number of esters is 1. The highest BCUT2D eigenvalue weighted by Crippen LogP contribution is 2.25. The van der Waals surface area contributed by atoms with Gasteiger partial charge in [-0.05, 0) is 51.5 Å². The van der Waals surface area contributed by atoms with Crippen LogP contribution in [-0.4, -0.2) is 23.5 Å². The van der Waals surface area contributed by atoms with Crippen LogP contribution in [0.5, 0.6) is 0 Å². The van der Waals surface area contributed by atoms with Crippen molar-refractivity contribution in [1.29, 1.82) is 5.26 Å². The van der Waals surface area contributed by atoms with Crippen molar-refractivity contribution in [3.63, 3.8) is 0 Å². The average Bonchev–Trinajstić information content (AvgIpc) is 3.08. The second-order valence-electron chi connectivity index (χ2n) is 6.36. The summed E-state index contributed by atoms with van der Waals surface area (Å²) in [4.78, 5) is 27.5. The molecule has 1 aromatic carbocycles. The van der Waals surface area contributed by atoms with Crippen molar-refractivity contribution in [3.8, 4) is 6.07 Å². The molecule has 0 fully saturated rings. The first-order valence-electron chi connectivity index (χ1n) is 8.37. The van der Waals surface area contributed by atoms with Crippen molar-refractivity contribution in [1.82, 2.24) is 4.98 Å². The van der Waals surface area contributed by atoms with Crippen molar-refractivity contribution in [2.75, 3.05) is 11.9 Å². The van der Waals surface area contributed by atoms with Gasteiger partial charge in [-0.1, -0.05) is 0 Å². The minimum absolute atomic E-state index is 0.0633. The molecule has 0 saturated carbocycles. The molecule has 7 nitrogen and oxygen atoms in total. The number of nitriles is 1. The standard InChI is InChI=1S/C20H19N3O4/c1-10-12(3)22-17-6-5-14(7-15(10)17)20(25)26-9-18(24)23-19-16(8-21)11(2)13(4)27-19/h5-7,22H,9H2,1-4H3,(H,23,24). The number of anilines is 1. The molecule has 0 saturated heterocycles. The molecule has 2 heterocycles. The van der Waals surface area contributed by atoms with Crippen molar-refractivity contribution in [2.24, 2.45) is 0 Å². The molecule has 0 aliphatic heterocycles. The van der Waals surface area contributed by atoms with Crippen molar-refractivity contribution in [2.45, 2.75) is 27.7 Å². The molecule has 0 unspecified atom stereocenters. The van der Waals surface area contributed by atoms with Crippen LogP contribution in [0.15, 0.2) is 22.6 Å². The first kappa shape index (κ1) is 18.3. The highest BCUT2D eigenvalue weighted by molar-refractivity contribution is 5.98. The molecule has 27 heavy (non-hydrogen) atoms. The SMILES string of the molecule is Cc1[nH]c2ccc(C(=O)OCC(=O)Nc3oc(C)c(C)c3C#N)cc2c1C. The summed E-state index contributed by atoms with van der Waals surface area (Å²) in [5, 5.41) is 12.6. The van der Waals surface area contributed by atoms with Crippen LogP contribution in [0, 0.1) is 39.0 Å². The molecule has 138 valence electrons. The van der Waals surface area contributed by atoms with Gasteiger partial charge < -0.3 is 14.1 Å². The number of hydrogen-bond acceptors (Lipinski definition) is 5. The van der Waals surface area contributed by atoms with Gasteiger partial charge in [0.05, 0.1) is 5.56 Å². The lowest BCUT2D eigenvalue weighted by Gasteiger charge is -2.06. The number of amides is 1. The Kier molecular flexibility index (Phi) is 4.74. The summed E-state index contributed by atoms with van der Waals surface area (Å²) < 4.78 is 10.4. The normalized spacial score (nSPS) is 10.6. The molecule has 2 aromatic heterocycles. The third-order valence-corrected chi connectivity index (χ3v) is 4.63. The van der Waals surface area contributed by atoms with Gasteiger partial charge in [0.25, 0.3) is 5.91 Å². The Morgan fingerprint density at radius 3 is 2.67 bits per heavy atom. The number of nitrogens with one attached hydrogen (secondary N) is 2. The van der Waals surface area contributed by atoms with E-state index in [0.717, 1.165) is 22.2 Å². The first-order valence-corrected chi connectivity index (χ1v) is 8.37. The number of nitrogens with zero attached hydrogens (tertiary/aromatic N) is 1. The quantitative estimate of drug-likeness (QED) is 0.686. The van der Waals surface area contributed by atoms with Gasteiger partial charge in [0.15, 0.2) is 6.61 Å². The summed E-state index contributed by atoms with van der Waals surface area (Å²) in [6, 6.07) is 7.17. The van der Waals surface area contributed by atoms with Gasteiger partial charge in [-0.15, -0.1) is 0 Å². The van der Waals surface area contributed by atoms with Crippen molar-refractivity contribution < 1.29 is 18.7 Å². The molecular weight excluding hydrogens is 346 g/mol. The van der Waals surface area contributed by atoms with E-state index in [0.29, 0.717) is 16.9 Å². The predicted molar refractivity (Wildman–Crippen MR) is 99.6 cm³/mol. The Bertz CT molecular complexity index is 1100. The van der Waals surface area contributed by atoms with Crippen LogP contribution in [0.4, 0.5) is 5.88 Å². The summed E-state index contributed by atoms with van der Waals surface area (Å²) in [7, 11) is 0. The maximum Gasteiger partial charge on any atom is 0.338 e. The smallest absolute Gasteiger partial charge is 0.338 e. The lowest BCUT2D eigenvalue weighted by molar-refractivity contribution is -0.119. The third-order valence-electron chi connectivity index (χ3n) is 4.63. The van der Waals surface area contributed by atoms with E-state index in [9.17, 15) is 9.59 Å². The van der Waals surface area contributed by atoms with Gasteiger partial charge in [0, 0.05) is 22.2 Å². The lowest BCUT2D eigenvalue weighted by atomic mass is 10.1. The summed E-state index contributed by atoms with van der Waals surface area (Å²) >= 11 is 0. The molecule has 3 rings (SSSR count). The number of carbonyl (C=O) groups excluding carboxylic acids is 2. The number of benzene rings is 1. The third kappa shape index (κ3) is 3.42. The van der Waals surface area contributed by atoms with Crippen LogP contribution < -0.4 is 5.32 Å². The Balaban J connectivity index is 1.67. The zero-order chi connectivity index (χ0) is 19.7. The maximum absolute atomic E-state index is 12.3. The summed E-state index contributed by atoms with van der Waals surface area (Å²) in [6.07, 6.45) is 0. The minimum atomic E-state index is -0.599. The summed E-state index contributed by atoms with van der Waals surface area (Å²) in [5.74, 6) is -0.571. The fraction of sp³-hybridized carbons (Fsp3) is 0.250. The van der Waals surface area contributed by atoms with Crippen LogP contribution in [-0.2, 0) is 9.53 Å². The van der Waals surface area contributed by atoms with E-state index in [4.69, 9.17) is 14.4 Å². The average molecular weight is 365 g/mol. The van der Waals surface area contributed by atoms with Gasteiger partial charge in [-0.2, -0.15) is 5.26 Å². The fourth-order valence-electron chi connectivity index (χ4n) is 2.82. The van der Waals surface area contributed by atoms with Gasteiger partial charge in [0.2, 0.25) is 5.88 Å². The number of fused-ring (bicyclic) bond motifs is 1. The summed E-state index contributed by atoms with van der Waals surface area (Å²) in [5.41, 5.74) is 4.31. The molecule has 0 radical (unpaired) electrons. The van der Waals surface area contributed by atoms with Crippen LogP contribution in [0.2, 0.25) is 0 Å². The van der Waals surface area contributed by atoms with Crippen LogP contribution >= 0.6 is 0 Å². The van der Waals surface area contributed by atoms with Crippen LogP contribution in [0.25, 0.3) is 10.9 Å². The molecule has 3 aromatic rings. The van der Waals surface area contributed by atoms with Crippen molar-refractivity contribution in [3.05, 3.63) is 51.9 Å². The molecular formula is C20H19N3O4. The molecule has 0 aliphatic carbocycles. The zero-order valence-corrected chi connectivity index (χ0v) is 15.5. The summed E-state index contributed by atoms with van der Waals surface area (Å²) in [6.45, 7) is 6.88. The molecule has 0 spiro atoms. The Hall–Kier alpha value is -3.53. The highest BCUT2D eigenvalue weighted by atomic mass is 16.5. The molecule has 2 N–H and O–H groups in total. The maximum atomic E-state index is 12.3. The van der Waals surface area contributed by atoms with Gasteiger partial charge >= 0.3 is 5.97 Å². The van der Waals surface area contributed by atoms with E-state index in [1.54, 1.807) is 32.0 Å². The second kappa shape index (κ2) is 7.00. The van der Waals surface area contributed by atoms with E-state index in [2.05, 4.69) is 10.3 Å². The number of hydrogen-bond donors (Lipinski definition) is 2. The topological polar surface area (TPSA) is 108 Å².